The highest BCUT2D eigenvalue weighted by Gasteiger charge is 2.26. The maximum absolute atomic E-state index is 12.7. The van der Waals surface area contributed by atoms with Gasteiger partial charge in [-0.15, -0.1) is 0 Å². The molecular weight excluding hydrogens is 414 g/mol. The van der Waals surface area contributed by atoms with E-state index in [4.69, 9.17) is 4.74 Å². The molecule has 1 aromatic heterocycles. The first-order chi connectivity index (χ1) is 13.9. The summed E-state index contributed by atoms with van der Waals surface area (Å²) in [5.41, 5.74) is 1.71. The molecule has 1 aliphatic rings. The van der Waals surface area contributed by atoms with Crippen LogP contribution >= 0.6 is 11.3 Å². The van der Waals surface area contributed by atoms with Crippen molar-refractivity contribution in [1.29, 1.82) is 0 Å². The summed E-state index contributed by atoms with van der Waals surface area (Å²) in [5, 5.41) is 2.78. The van der Waals surface area contributed by atoms with E-state index >= 15 is 0 Å². The van der Waals surface area contributed by atoms with Gasteiger partial charge in [0.05, 0.1) is 28.3 Å². The standard InChI is InChI=1S/C19H19N3O5S2/c1-21-16-7-4-14(12-17(16)28-19(21)24)20-18(23)13-2-5-15(6-3-13)29(25,26)22-8-10-27-11-9-22/h2-7,12H,8-11H2,1H3,(H,20,23). The summed E-state index contributed by atoms with van der Waals surface area (Å²) in [6.07, 6.45) is 0. The van der Waals surface area contributed by atoms with Crippen LogP contribution in [0.15, 0.2) is 52.2 Å². The van der Waals surface area contributed by atoms with Crippen molar-refractivity contribution >= 4 is 43.2 Å². The van der Waals surface area contributed by atoms with Crippen LogP contribution in [0.5, 0.6) is 0 Å². The van der Waals surface area contributed by atoms with E-state index in [0.717, 1.165) is 21.6 Å². The van der Waals surface area contributed by atoms with Crippen molar-refractivity contribution in [2.45, 2.75) is 4.90 Å². The van der Waals surface area contributed by atoms with Crippen molar-refractivity contribution in [3.8, 4) is 0 Å². The summed E-state index contributed by atoms with van der Waals surface area (Å²) in [6.45, 7) is 1.39. The van der Waals surface area contributed by atoms with Gasteiger partial charge in [0.15, 0.2) is 0 Å². The Morgan fingerprint density at radius 2 is 1.79 bits per heavy atom. The van der Waals surface area contributed by atoms with E-state index in [1.165, 1.54) is 28.6 Å². The Morgan fingerprint density at radius 3 is 2.48 bits per heavy atom. The van der Waals surface area contributed by atoms with E-state index in [0.29, 0.717) is 37.6 Å². The predicted molar refractivity (Wildman–Crippen MR) is 111 cm³/mol. The average Bonchev–Trinajstić information content (AvgIpc) is 3.02. The molecule has 0 atom stereocenters. The number of hydrogen-bond acceptors (Lipinski definition) is 6. The molecule has 29 heavy (non-hydrogen) atoms. The third-order valence-corrected chi connectivity index (χ3v) is 7.68. The minimum atomic E-state index is -3.60. The molecule has 2 aromatic carbocycles. The number of amides is 1. The molecule has 152 valence electrons. The highest BCUT2D eigenvalue weighted by molar-refractivity contribution is 7.89. The van der Waals surface area contributed by atoms with Gasteiger partial charge in [-0.1, -0.05) is 11.3 Å². The molecule has 8 nitrogen and oxygen atoms in total. The van der Waals surface area contributed by atoms with Crippen molar-refractivity contribution < 1.29 is 17.9 Å². The number of nitrogens with one attached hydrogen (secondary N) is 1. The van der Waals surface area contributed by atoms with Crippen LogP contribution in [0.25, 0.3) is 10.2 Å². The van der Waals surface area contributed by atoms with Crippen LogP contribution in [0.2, 0.25) is 0 Å². The number of benzene rings is 2. The molecule has 0 unspecified atom stereocenters. The van der Waals surface area contributed by atoms with Crippen LogP contribution in [-0.4, -0.2) is 49.5 Å². The summed E-state index contributed by atoms with van der Waals surface area (Å²) >= 11 is 1.11. The quantitative estimate of drug-likeness (QED) is 0.678. The van der Waals surface area contributed by atoms with Crippen molar-refractivity contribution in [3.05, 3.63) is 57.7 Å². The SMILES string of the molecule is Cn1c(=O)sc2cc(NC(=O)c3ccc(S(=O)(=O)N4CCOCC4)cc3)ccc21. The van der Waals surface area contributed by atoms with Crippen molar-refractivity contribution in [1.82, 2.24) is 8.87 Å². The second-order valence-corrected chi connectivity index (χ2v) is 9.54. The first-order valence-corrected chi connectivity index (χ1v) is 11.2. The summed E-state index contributed by atoms with van der Waals surface area (Å²) in [6, 6.07) is 11.1. The first-order valence-electron chi connectivity index (χ1n) is 8.95. The van der Waals surface area contributed by atoms with Crippen LogP contribution < -0.4 is 10.2 Å². The Labute approximate surface area is 171 Å². The molecule has 0 saturated carbocycles. The Morgan fingerprint density at radius 1 is 1.10 bits per heavy atom. The number of rotatable bonds is 4. The van der Waals surface area contributed by atoms with E-state index < -0.39 is 10.0 Å². The smallest absolute Gasteiger partial charge is 0.307 e. The summed E-state index contributed by atoms with van der Waals surface area (Å²) in [5.74, 6) is -0.358. The van der Waals surface area contributed by atoms with Gasteiger partial charge in [0.2, 0.25) is 10.0 Å². The maximum Gasteiger partial charge on any atom is 0.307 e. The second-order valence-electron chi connectivity index (χ2n) is 6.60. The van der Waals surface area contributed by atoms with Crippen LogP contribution in [-0.2, 0) is 21.8 Å². The van der Waals surface area contributed by atoms with E-state index in [9.17, 15) is 18.0 Å². The minimum absolute atomic E-state index is 0.0689. The Hall–Kier alpha value is -2.53. The first kappa shape index (κ1) is 19.8. The summed E-state index contributed by atoms with van der Waals surface area (Å²) in [4.78, 5) is 24.4. The number of carbonyl (C=O) groups excluding carboxylic acids is 1. The van der Waals surface area contributed by atoms with Crippen molar-refractivity contribution in [2.75, 3.05) is 31.6 Å². The second kappa shape index (κ2) is 7.71. The summed E-state index contributed by atoms with van der Waals surface area (Å²) < 4.78 is 34.2. The van der Waals surface area contributed by atoms with E-state index in [2.05, 4.69) is 5.32 Å². The number of anilines is 1. The van der Waals surface area contributed by atoms with Gasteiger partial charge in [0.1, 0.15) is 0 Å². The van der Waals surface area contributed by atoms with Crippen LogP contribution in [0, 0.1) is 0 Å². The number of thiazole rings is 1. The molecule has 0 bridgehead atoms. The lowest BCUT2D eigenvalue weighted by Crippen LogP contribution is -2.40. The van der Waals surface area contributed by atoms with Crippen LogP contribution in [0.1, 0.15) is 10.4 Å². The van der Waals surface area contributed by atoms with Gasteiger partial charge in [-0.3, -0.25) is 9.59 Å². The molecule has 0 aliphatic carbocycles. The van der Waals surface area contributed by atoms with Crippen molar-refractivity contribution in [2.24, 2.45) is 7.05 Å². The van der Waals surface area contributed by atoms with Gasteiger partial charge in [-0.05, 0) is 42.5 Å². The van der Waals surface area contributed by atoms with Gasteiger partial charge >= 0.3 is 4.87 Å². The Kier molecular flexibility index (Phi) is 5.26. The Balaban J connectivity index is 1.51. The van der Waals surface area contributed by atoms with Crippen LogP contribution in [0.3, 0.4) is 0 Å². The molecule has 1 fully saturated rings. The maximum atomic E-state index is 12.7. The molecule has 1 N–H and O–H groups in total. The zero-order chi connectivity index (χ0) is 20.6. The fraction of sp³-hybridized carbons (Fsp3) is 0.263. The zero-order valence-electron chi connectivity index (χ0n) is 15.6. The van der Waals surface area contributed by atoms with Gasteiger partial charge in [0, 0.05) is 31.4 Å². The lowest BCUT2D eigenvalue weighted by molar-refractivity contribution is 0.0730. The largest absolute Gasteiger partial charge is 0.379 e. The number of nitrogens with zero attached hydrogens (tertiary/aromatic N) is 2. The predicted octanol–water partition coefficient (Wildman–Crippen LogP) is 1.87. The average molecular weight is 434 g/mol. The lowest BCUT2D eigenvalue weighted by Gasteiger charge is -2.26. The Bertz CT molecular complexity index is 1220. The number of hydrogen-bond donors (Lipinski definition) is 1. The summed E-state index contributed by atoms with van der Waals surface area (Å²) in [7, 11) is -1.90. The molecule has 1 saturated heterocycles. The number of carbonyl (C=O) groups is 1. The molecule has 4 rings (SSSR count). The normalized spacial score (nSPS) is 15.5. The zero-order valence-corrected chi connectivity index (χ0v) is 17.3. The van der Waals surface area contributed by atoms with E-state index in [1.807, 2.05) is 0 Å². The fourth-order valence-corrected chi connectivity index (χ4v) is 5.46. The number of morpholine rings is 1. The number of sulfonamides is 1. The number of aryl methyl sites for hydroxylation is 1. The molecule has 3 aromatic rings. The fourth-order valence-electron chi connectivity index (χ4n) is 3.13. The molecule has 0 spiro atoms. The lowest BCUT2D eigenvalue weighted by atomic mass is 10.2. The molecule has 1 amide bonds. The van der Waals surface area contributed by atoms with Gasteiger partial charge < -0.3 is 14.6 Å². The molecule has 10 heteroatoms. The highest BCUT2D eigenvalue weighted by atomic mass is 32.2. The third kappa shape index (κ3) is 3.84. The highest BCUT2D eigenvalue weighted by Crippen LogP contribution is 2.22. The van der Waals surface area contributed by atoms with Gasteiger partial charge in [-0.25, -0.2) is 8.42 Å². The number of ether oxygens (including phenoxy) is 1. The molecular formula is C19H19N3O5S2. The molecule has 0 radical (unpaired) electrons. The van der Waals surface area contributed by atoms with E-state index in [1.54, 1.807) is 29.8 Å². The number of fused-ring (bicyclic) bond motifs is 1. The minimum Gasteiger partial charge on any atom is -0.379 e. The van der Waals surface area contributed by atoms with Gasteiger partial charge in [-0.2, -0.15) is 4.31 Å². The van der Waals surface area contributed by atoms with E-state index in [-0.39, 0.29) is 15.7 Å². The molecule has 1 aliphatic heterocycles. The molecule has 2 heterocycles. The third-order valence-electron chi connectivity index (χ3n) is 4.77. The van der Waals surface area contributed by atoms with Crippen molar-refractivity contribution in [3.63, 3.8) is 0 Å². The van der Waals surface area contributed by atoms with Crippen LogP contribution in [0.4, 0.5) is 5.69 Å². The number of aromatic nitrogens is 1. The topological polar surface area (TPSA) is 97.7 Å². The monoisotopic (exact) mass is 433 g/mol. The van der Waals surface area contributed by atoms with Gasteiger partial charge in [0.25, 0.3) is 5.91 Å².